The van der Waals surface area contributed by atoms with Crippen LogP contribution < -0.4 is 0 Å². The van der Waals surface area contributed by atoms with Gasteiger partial charge in [0, 0.05) is 16.9 Å². The molecule has 9 rings (SSSR count). The minimum Gasteiger partial charge on any atom is -0.436 e. The van der Waals surface area contributed by atoms with Gasteiger partial charge in [-0.2, -0.15) is 0 Å². The van der Waals surface area contributed by atoms with Crippen LogP contribution in [0.2, 0.25) is 0 Å². The number of benzene rings is 8. The molecule has 0 N–H and O–H groups in total. The van der Waals surface area contributed by atoms with Crippen molar-refractivity contribution in [2.75, 3.05) is 0 Å². The van der Waals surface area contributed by atoms with Crippen molar-refractivity contribution in [3.8, 4) is 33.7 Å². The van der Waals surface area contributed by atoms with E-state index in [4.69, 9.17) is 9.40 Å². The van der Waals surface area contributed by atoms with E-state index in [1.807, 2.05) is 36.4 Å². The molecular formula is C46H31NO. The first kappa shape index (κ1) is 28.0. The SMILES string of the molecule is c1ccc(-c2nc3c(ccc4ccc(C(c5ccccc5)c5ccc(-c6cccc7ccccc67)cc5-c5ccccc5)cc43)o2)cc1. The van der Waals surface area contributed by atoms with Crippen LogP contribution in [0.15, 0.2) is 186 Å². The number of nitrogens with zero attached hydrogens (tertiary/aromatic N) is 1. The Labute approximate surface area is 279 Å². The Balaban J connectivity index is 1.27. The lowest BCUT2D eigenvalue weighted by Gasteiger charge is -2.24. The molecule has 0 spiro atoms. The minimum atomic E-state index is -0.0110. The second-order valence-electron chi connectivity index (χ2n) is 12.3. The first-order valence-electron chi connectivity index (χ1n) is 16.4. The van der Waals surface area contributed by atoms with Gasteiger partial charge in [0.25, 0.3) is 0 Å². The molecule has 0 aliphatic carbocycles. The lowest BCUT2D eigenvalue weighted by atomic mass is 9.79. The van der Waals surface area contributed by atoms with E-state index in [2.05, 4.69) is 146 Å². The fourth-order valence-electron chi connectivity index (χ4n) is 7.13. The highest BCUT2D eigenvalue weighted by atomic mass is 16.3. The van der Waals surface area contributed by atoms with Crippen LogP contribution in [0.25, 0.3) is 66.4 Å². The van der Waals surface area contributed by atoms with E-state index in [1.54, 1.807) is 0 Å². The molecule has 0 fully saturated rings. The van der Waals surface area contributed by atoms with Gasteiger partial charge in [-0.3, -0.25) is 0 Å². The molecule has 2 nitrogen and oxygen atoms in total. The third-order valence-corrected chi connectivity index (χ3v) is 9.44. The zero-order valence-corrected chi connectivity index (χ0v) is 26.3. The predicted molar refractivity (Wildman–Crippen MR) is 199 cm³/mol. The largest absolute Gasteiger partial charge is 0.436 e. The maximum atomic E-state index is 6.28. The van der Waals surface area contributed by atoms with E-state index < -0.39 is 0 Å². The number of hydrogen-bond donors (Lipinski definition) is 0. The van der Waals surface area contributed by atoms with E-state index in [-0.39, 0.29) is 5.92 Å². The van der Waals surface area contributed by atoms with Gasteiger partial charge < -0.3 is 4.42 Å². The fourth-order valence-corrected chi connectivity index (χ4v) is 7.13. The monoisotopic (exact) mass is 613 g/mol. The third kappa shape index (κ3) is 4.96. The quantitative estimate of drug-likeness (QED) is 0.174. The van der Waals surface area contributed by atoms with Crippen LogP contribution in [0.1, 0.15) is 22.6 Å². The second-order valence-corrected chi connectivity index (χ2v) is 12.3. The van der Waals surface area contributed by atoms with Gasteiger partial charge in [0.15, 0.2) is 5.58 Å². The molecule has 0 aliphatic rings. The lowest BCUT2D eigenvalue weighted by molar-refractivity contribution is 0.620. The number of oxazole rings is 1. The van der Waals surface area contributed by atoms with Crippen LogP contribution in [0.4, 0.5) is 0 Å². The molecule has 1 aromatic heterocycles. The molecule has 2 heteroatoms. The average Bonchev–Trinajstić information content (AvgIpc) is 3.61. The van der Waals surface area contributed by atoms with Crippen molar-refractivity contribution in [1.29, 1.82) is 0 Å². The van der Waals surface area contributed by atoms with Gasteiger partial charge in [-0.25, -0.2) is 4.98 Å². The van der Waals surface area contributed by atoms with Crippen molar-refractivity contribution in [1.82, 2.24) is 4.98 Å². The first-order chi connectivity index (χ1) is 23.8. The summed E-state index contributed by atoms with van der Waals surface area (Å²) in [6.07, 6.45) is 0. The van der Waals surface area contributed by atoms with Crippen molar-refractivity contribution < 1.29 is 4.42 Å². The zero-order valence-electron chi connectivity index (χ0n) is 26.3. The minimum absolute atomic E-state index is 0.0110. The van der Waals surface area contributed by atoms with E-state index in [1.165, 1.54) is 49.7 Å². The van der Waals surface area contributed by atoms with Crippen molar-refractivity contribution in [2.45, 2.75) is 5.92 Å². The molecule has 0 aliphatic heterocycles. The van der Waals surface area contributed by atoms with Gasteiger partial charge in [0.1, 0.15) is 5.52 Å². The van der Waals surface area contributed by atoms with Crippen LogP contribution in [-0.2, 0) is 0 Å². The van der Waals surface area contributed by atoms with E-state index >= 15 is 0 Å². The van der Waals surface area contributed by atoms with Crippen LogP contribution in [0.3, 0.4) is 0 Å². The first-order valence-corrected chi connectivity index (χ1v) is 16.4. The molecule has 226 valence electrons. The highest BCUT2D eigenvalue weighted by molar-refractivity contribution is 6.04. The van der Waals surface area contributed by atoms with Crippen molar-refractivity contribution >= 4 is 32.6 Å². The number of aromatic nitrogens is 1. The van der Waals surface area contributed by atoms with E-state index in [0.29, 0.717) is 5.89 Å². The summed E-state index contributed by atoms with van der Waals surface area (Å²) < 4.78 is 6.28. The Kier molecular flexibility index (Phi) is 6.91. The smallest absolute Gasteiger partial charge is 0.227 e. The van der Waals surface area contributed by atoms with Gasteiger partial charge in [0.05, 0.1) is 0 Å². The van der Waals surface area contributed by atoms with Gasteiger partial charge in [-0.15, -0.1) is 0 Å². The molecule has 1 unspecified atom stereocenters. The standard InChI is InChI=1S/C46H31NO/c1-4-13-32(14-5-1)41-29-36(39-22-12-20-31-15-10-11-21-38(31)39)25-27-40(41)44(34-16-6-2-7-17-34)37-24-23-33-26-28-43-45(42(33)30-37)47-46(48-43)35-18-8-3-9-19-35/h1-30,44H. The van der Waals surface area contributed by atoms with Crippen LogP contribution in [0.5, 0.6) is 0 Å². The molecule has 1 heterocycles. The van der Waals surface area contributed by atoms with Crippen molar-refractivity contribution in [3.05, 3.63) is 199 Å². The summed E-state index contributed by atoms with van der Waals surface area (Å²) in [5.74, 6) is 0.627. The predicted octanol–water partition coefficient (Wildman–Crippen LogP) is 12.3. The second kappa shape index (κ2) is 11.8. The molecule has 9 aromatic rings. The maximum Gasteiger partial charge on any atom is 0.227 e. The average molecular weight is 614 g/mol. The van der Waals surface area contributed by atoms with Crippen LogP contribution >= 0.6 is 0 Å². The molecule has 1 atom stereocenters. The van der Waals surface area contributed by atoms with Crippen LogP contribution in [0, 0.1) is 0 Å². The van der Waals surface area contributed by atoms with Crippen molar-refractivity contribution in [3.63, 3.8) is 0 Å². The summed E-state index contributed by atoms with van der Waals surface area (Å²) in [6.45, 7) is 0. The summed E-state index contributed by atoms with van der Waals surface area (Å²) in [5, 5.41) is 4.73. The number of rotatable bonds is 6. The van der Waals surface area contributed by atoms with Gasteiger partial charge >= 0.3 is 0 Å². The molecule has 8 aromatic carbocycles. The summed E-state index contributed by atoms with van der Waals surface area (Å²) >= 11 is 0. The lowest BCUT2D eigenvalue weighted by Crippen LogP contribution is -2.06. The van der Waals surface area contributed by atoms with E-state index in [9.17, 15) is 0 Å². The van der Waals surface area contributed by atoms with Crippen molar-refractivity contribution in [2.24, 2.45) is 0 Å². The van der Waals surface area contributed by atoms with Crippen LogP contribution in [-0.4, -0.2) is 4.98 Å². The molecule has 0 bridgehead atoms. The Bertz CT molecular complexity index is 2550. The molecule has 0 saturated carbocycles. The summed E-state index contributed by atoms with van der Waals surface area (Å²) in [6, 6.07) is 65.0. The number of fused-ring (bicyclic) bond motifs is 4. The van der Waals surface area contributed by atoms with Gasteiger partial charge in [-0.05, 0) is 85.4 Å². The topological polar surface area (TPSA) is 26.0 Å². The number of hydrogen-bond acceptors (Lipinski definition) is 2. The maximum absolute atomic E-state index is 6.28. The van der Waals surface area contributed by atoms with E-state index in [0.717, 1.165) is 27.4 Å². The normalized spacial score (nSPS) is 12.1. The van der Waals surface area contributed by atoms with Gasteiger partial charge in [0.2, 0.25) is 5.89 Å². The highest BCUT2D eigenvalue weighted by Crippen LogP contribution is 2.42. The third-order valence-electron chi connectivity index (χ3n) is 9.44. The fraction of sp³-hybridized carbons (Fsp3) is 0.0217. The summed E-state index contributed by atoms with van der Waals surface area (Å²) in [7, 11) is 0. The Morgan fingerprint density at radius 3 is 1.90 bits per heavy atom. The van der Waals surface area contributed by atoms with Gasteiger partial charge in [-0.1, -0.05) is 152 Å². The molecule has 0 amide bonds. The Morgan fingerprint density at radius 1 is 0.417 bits per heavy atom. The highest BCUT2D eigenvalue weighted by Gasteiger charge is 2.23. The molecule has 48 heavy (non-hydrogen) atoms. The Morgan fingerprint density at radius 2 is 1.08 bits per heavy atom. The molecule has 0 radical (unpaired) electrons. The Hall–Kier alpha value is -6.25. The molecule has 0 saturated heterocycles. The summed E-state index contributed by atoms with van der Waals surface area (Å²) in [4.78, 5) is 5.03. The zero-order chi connectivity index (χ0) is 31.9. The molecular weight excluding hydrogens is 583 g/mol. The summed E-state index contributed by atoms with van der Waals surface area (Å²) in [5.41, 5.74) is 11.2.